The van der Waals surface area contributed by atoms with Crippen LogP contribution in [0.15, 0.2) is 47.4 Å². The topological polar surface area (TPSA) is 90.6 Å². The fraction of sp³-hybridized carbons (Fsp3) is 0.400. The number of halogens is 1. The predicted octanol–water partition coefficient (Wildman–Crippen LogP) is 4.39. The van der Waals surface area contributed by atoms with E-state index in [0.29, 0.717) is 6.54 Å². The Kier molecular flexibility index (Phi) is 7.48. The highest BCUT2D eigenvalue weighted by Crippen LogP contribution is 2.34. The van der Waals surface area contributed by atoms with E-state index in [-0.39, 0.29) is 24.2 Å². The average molecular weight is 564 g/mol. The van der Waals surface area contributed by atoms with E-state index in [2.05, 4.69) is 27.6 Å². The second-order valence-electron chi connectivity index (χ2n) is 8.98. The molecule has 1 unspecified atom stereocenters. The largest absolute Gasteiger partial charge is 0.491 e. The van der Waals surface area contributed by atoms with Gasteiger partial charge in [0.25, 0.3) is 5.56 Å². The first-order chi connectivity index (χ1) is 15.5. The zero-order valence-corrected chi connectivity index (χ0v) is 21.7. The first kappa shape index (κ1) is 25.2. The third-order valence-electron chi connectivity index (χ3n) is 5.36. The van der Waals surface area contributed by atoms with Crippen LogP contribution in [-0.2, 0) is 21.7 Å². The normalized spacial score (nSPS) is 13.5. The average Bonchev–Trinajstić information content (AvgIpc) is 2.73. The first-order valence-electron chi connectivity index (χ1n) is 10.7. The molecule has 1 atom stereocenters. The van der Waals surface area contributed by atoms with Crippen LogP contribution in [-0.4, -0.2) is 33.3 Å². The third kappa shape index (κ3) is 5.73. The van der Waals surface area contributed by atoms with Crippen LogP contribution in [0.3, 0.4) is 0 Å². The van der Waals surface area contributed by atoms with Crippen LogP contribution in [0.2, 0.25) is 0 Å². The number of hydrogen-bond donors (Lipinski definition) is 1. The molecule has 3 aromatic rings. The number of rotatable bonds is 7. The van der Waals surface area contributed by atoms with Gasteiger partial charge in [0.2, 0.25) is 0 Å². The summed E-state index contributed by atoms with van der Waals surface area (Å²) in [5.41, 5.74) is -0.609. The number of benzene rings is 1. The number of pyridine rings is 2. The molecule has 0 spiro atoms. The van der Waals surface area contributed by atoms with E-state index in [1.165, 1.54) is 11.7 Å². The number of aliphatic hydroxyl groups is 1. The molecule has 0 saturated heterocycles. The van der Waals surface area contributed by atoms with Crippen LogP contribution in [0.25, 0.3) is 10.9 Å². The minimum absolute atomic E-state index is 0.00849. The Balaban J connectivity index is 1.98. The van der Waals surface area contributed by atoms with Gasteiger partial charge < -0.3 is 19.1 Å². The zero-order valence-electron chi connectivity index (χ0n) is 19.5. The van der Waals surface area contributed by atoms with E-state index in [0.717, 1.165) is 20.2 Å². The van der Waals surface area contributed by atoms with Crippen molar-refractivity contribution in [2.24, 2.45) is 0 Å². The van der Waals surface area contributed by atoms with Crippen molar-refractivity contribution in [1.29, 1.82) is 0 Å². The Hall–Kier alpha value is -2.46. The summed E-state index contributed by atoms with van der Waals surface area (Å²) in [7, 11) is 1.38. The van der Waals surface area contributed by atoms with Gasteiger partial charge in [0.15, 0.2) is 5.75 Å². The van der Waals surface area contributed by atoms with Gasteiger partial charge in [-0.2, -0.15) is 0 Å². The lowest BCUT2D eigenvalue weighted by Crippen LogP contribution is -2.35. The van der Waals surface area contributed by atoms with E-state index in [1.807, 2.05) is 30.3 Å². The monoisotopic (exact) mass is 564 g/mol. The summed E-state index contributed by atoms with van der Waals surface area (Å²) in [5, 5.41) is 12.3. The molecular weight excluding hydrogens is 535 g/mol. The van der Waals surface area contributed by atoms with E-state index < -0.39 is 22.7 Å². The number of aromatic nitrogens is 2. The van der Waals surface area contributed by atoms with Gasteiger partial charge in [-0.15, -0.1) is 0 Å². The van der Waals surface area contributed by atoms with Crippen LogP contribution in [0.1, 0.15) is 51.7 Å². The predicted molar refractivity (Wildman–Crippen MR) is 135 cm³/mol. The van der Waals surface area contributed by atoms with Gasteiger partial charge in [0, 0.05) is 22.7 Å². The third-order valence-corrected chi connectivity index (χ3v) is 6.29. The number of methoxy groups -OCH3 is 1. The van der Waals surface area contributed by atoms with Gasteiger partial charge in [-0.05, 0) is 68.0 Å². The van der Waals surface area contributed by atoms with Gasteiger partial charge in [-0.3, -0.25) is 9.59 Å². The van der Waals surface area contributed by atoms with Crippen LogP contribution in [0.5, 0.6) is 5.75 Å². The van der Waals surface area contributed by atoms with Gasteiger partial charge >= 0.3 is 5.97 Å². The molecule has 0 saturated carbocycles. The maximum absolute atomic E-state index is 13.3. The summed E-state index contributed by atoms with van der Waals surface area (Å²) in [6, 6.07) is 11.5. The second-order valence-corrected chi connectivity index (χ2v) is 10.00. The highest BCUT2D eigenvalue weighted by molar-refractivity contribution is 14.1. The molecule has 0 bridgehead atoms. The van der Waals surface area contributed by atoms with E-state index >= 15 is 0 Å². The highest BCUT2D eigenvalue weighted by Gasteiger charge is 2.36. The van der Waals surface area contributed by atoms with Crippen molar-refractivity contribution < 1.29 is 19.4 Å². The molecule has 33 heavy (non-hydrogen) atoms. The van der Waals surface area contributed by atoms with Crippen molar-refractivity contribution in [3.8, 4) is 5.75 Å². The summed E-state index contributed by atoms with van der Waals surface area (Å²) in [5.74, 6) is -0.538. The van der Waals surface area contributed by atoms with E-state index in [9.17, 15) is 14.7 Å². The minimum atomic E-state index is -1.59. The molecule has 1 aromatic carbocycles. The molecule has 0 aliphatic heterocycles. The van der Waals surface area contributed by atoms with Crippen LogP contribution in [0.4, 0.5) is 0 Å². The lowest BCUT2D eigenvalue weighted by Gasteiger charge is -2.29. The summed E-state index contributed by atoms with van der Waals surface area (Å²) in [6.07, 6.45) is 1.53. The molecule has 0 amide bonds. The quantitative estimate of drug-likeness (QED) is 0.260. The molecule has 176 valence electrons. The second kappa shape index (κ2) is 9.80. The molecule has 0 radical (unpaired) electrons. The number of carbonyl (C=O) groups excluding carboxylic acids is 1. The number of carbonyl (C=O) groups is 1. The summed E-state index contributed by atoms with van der Waals surface area (Å²) in [4.78, 5) is 30.3. The molecule has 1 N–H and O–H groups in total. The van der Waals surface area contributed by atoms with Gasteiger partial charge in [0.1, 0.15) is 14.9 Å². The Labute approximate surface area is 206 Å². The van der Waals surface area contributed by atoms with Gasteiger partial charge in [-0.1, -0.05) is 25.1 Å². The van der Waals surface area contributed by atoms with Gasteiger partial charge in [-0.25, -0.2) is 4.98 Å². The molecule has 2 aromatic heterocycles. The fourth-order valence-corrected chi connectivity index (χ4v) is 4.29. The number of hydrogen-bond acceptors (Lipinski definition) is 6. The minimum Gasteiger partial charge on any atom is -0.491 e. The van der Waals surface area contributed by atoms with Crippen molar-refractivity contribution in [1.82, 2.24) is 9.55 Å². The van der Waals surface area contributed by atoms with E-state index in [4.69, 9.17) is 9.47 Å². The lowest BCUT2D eigenvalue weighted by atomic mass is 9.87. The van der Waals surface area contributed by atoms with Gasteiger partial charge in [0.05, 0.1) is 25.6 Å². The Bertz CT molecular complexity index is 1230. The summed E-state index contributed by atoms with van der Waals surface area (Å²) >= 11 is 2.16. The smallest absolute Gasteiger partial charge is 0.309 e. The number of esters is 1. The number of ether oxygens (including phenoxy) is 2. The summed E-state index contributed by atoms with van der Waals surface area (Å²) < 4.78 is 13.1. The maximum atomic E-state index is 13.3. The zero-order chi connectivity index (χ0) is 24.4. The van der Waals surface area contributed by atoms with Crippen molar-refractivity contribution in [3.05, 3.63) is 67.8 Å². The number of para-hydroxylation sites is 1. The van der Waals surface area contributed by atoms with E-state index in [1.54, 1.807) is 40.0 Å². The molecule has 2 heterocycles. The lowest BCUT2D eigenvalue weighted by molar-refractivity contribution is -0.161. The standard InChI is InChI=1S/C25H29IN2O5/c1-6-25(31,14-20(29)33-24(2,3)4)18-11-12-28(23(30)21(18)32-5)15-17-13-16-9-7-8-10-19(16)27-22(17)26/h7-13,31H,6,14-15H2,1-5H3. The fourth-order valence-electron chi connectivity index (χ4n) is 3.70. The van der Waals surface area contributed by atoms with Crippen LogP contribution >= 0.6 is 22.6 Å². The Morgan fingerprint density at radius 1 is 1.21 bits per heavy atom. The number of nitrogens with zero attached hydrogens (tertiary/aromatic N) is 2. The SMILES string of the molecule is CCC(O)(CC(=O)OC(C)(C)C)c1ccn(Cc2cc3ccccc3nc2I)c(=O)c1OC. The molecule has 0 aliphatic rings. The summed E-state index contributed by atoms with van der Waals surface area (Å²) in [6.45, 7) is 7.34. The van der Waals surface area contributed by atoms with Crippen LogP contribution in [0, 0.1) is 3.70 Å². The van der Waals surface area contributed by atoms with Crippen LogP contribution < -0.4 is 10.3 Å². The molecule has 3 rings (SSSR count). The Morgan fingerprint density at radius 3 is 2.55 bits per heavy atom. The molecular formula is C25H29IN2O5. The maximum Gasteiger partial charge on any atom is 0.309 e. The molecule has 7 nitrogen and oxygen atoms in total. The number of fused-ring (bicyclic) bond motifs is 1. The van der Waals surface area contributed by atoms with Crippen molar-refractivity contribution in [2.75, 3.05) is 7.11 Å². The molecule has 0 aliphatic carbocycles. The molecule has 8 heteroatoms. The Morgan fingerprint density at radius 2 is 1.91 bits per heavy atom. The van der Waals surface area contributed by atoms with Crippen molar-refractivity contribution in [3.63, 3.8) is 0 Å². The highest BCUT2D eigenvalue weighted by atomic mass is 127. The van der Waals surface area contributed by atoms with Crippen molar-refractivity contribution >= 4 is 39.5 Å². The molecule has 0 fully saturated rings. The van der Waals surface area contributed by atoms with Crippen molar-refractivity contribution in [2.45, 2.75) is 58.3 Å². The first-order valence-corrected chi connectivity index (χ1v) is 11.8.